The fourth-order valence-corrected chi connectivity index (χ4v) is 6.80. The van der Waals surface area contributed by atoms with E-state index in [1.807, 2.05) is 54.6 Å². The number of nitro groups is 1. The molecule has 1 fully saturated rings. The minimum absolute atomic E-state index is 0.0124. The molecule has 0 unspecified atom stereocenters. The van der Waals surface area contributed by atoms with Gasteiger partial charge in [0.2, 0.25) is 0 Å². The van der Waals surface area contributed by atoms with Gasteiger partial charge in [0.25, 0.3) is 5.69 Å². The summed E-state index contributed by atoms with van der Waals surface area (Å²) >= 11 is 0. The quantitative estimate of drug-likeness (QED) is 0.0569. The number of nitrogens with zero attached hydrogens (tertiary/aromatic N) is 1. The molecule has 2 aliphatic rings. The number of rotatable bonds is 14. The molecule has 1 heterocycles. The van der Waals surface area contributed by atoms with Crippen molar-refractivity contribution in [3.05, 3.63) is 166 Å². The molecule has 5 aromatic carbocycles. The molecule has 57 heavy (non-hydrogen) atoms. The van der Waals surface area contributed by atoms with Crippen LogP contribution in [0.1, 0.15) is 33.0 Å². The van der Waals surface area contributed by atoms with Gasteiger partial charge in [0.15, 0.2) is 25.1 Å². The number of nitro benzene ring substituents is 1. The van der Waals surface area contributed by atoms with Gasteiger partial charge in [-0.3, -0.25) is 10.1 Å². The molecule has 14 nitrogen and oxygen atoms in total. The molecule has 14 heteroatoms. The van der Waals surface area contributed by atoms with E-state index in [1.165, 1.54) is 36.4 Å². The molecular formula is C43H37NO13. The van der Waals surface area contributed by atoms with Crippen molar-refractivity contribution in [2.75, 3.05) is 19.8 Å². The molecule has 0 aromatic heterocycles. The molecule has 7 rings (SSSR count). The Labute approximate surface area is 326 Å². The molecule has 0 radical (unpaired) electrons. The number of benzene rings is 5. The number of aliphatic hydroxyl groups is 1. The molecule has 0 bridgehead atoms. The van der Waals surface area contributed by atoms with Gasteiger partial charge in [-0.1, -0.05) is 97.1 Å². The van der Waals surface area contributed by atoms with Crippen LogP contribution in [0.5, 0.6) is 5.75 Å². The third-order valence-electron chi connectivity index (χ3n) is 9.51. The normalized spacial score (nSPS) is 19.7. The Kier molecular flexibility index (Phi) is 12.1. The predicted molar refractivity (Wildman–Crippen MR) is 201 cm³/mol. The average molecular weight is 776 g/mol. The van der Waals surface area contributed by atoms with Gasteiger partial charge in [-0.2, -0.15) is 0 Å². The Morgan fingerprint density at radius 1 is 0.684 bits per heavy atom. The van der Waals surface area contributed by atoms with E-state index in [2.05, 4.69) is 0 Å². The Morgan fingerprint density at radius 3 is 1.93 bits per heavy atom. The van der Waals surface area contributed by atoms with Crippen LogP contribution in [0.2, 0.25) is 0 Å². The number of fused-ring (bicyclic) bond motifs is 3. The zero-order valence-corrected chi connectivity index (χ0v) is 30.3. The van der Waals surface area contributed by atoms with Gasteiger partial charge in [-0.15, -0.1) is 0 Å². The van der Waals surface area contributed by atoms with Crippen LogP contribution in [-0.4, -0.2) is 78.7 Å². The number of non-ortho nitro benzene ring substituents is 1. The fourth-order valence-electron chi connectivity index (χ4n) is 6.80. The molecule has 1 saturated heterocycles. The third kappa shape index (κ3) is 9.27. The Morgan fingerprint density at radius 2 is 1.28 bits per heavy atom. The largest absolute Gasteiger partial charge is 0.508 e. The highest BCUT2D eigenvalue weighted by Crippen LogP contribution is 2.44. The Bertz CT molecular complexity index is 2140. The van der Waals surface area contributed by atoms with Crippen LogP contribution in [0.4, 0.5) is 10.5 Å². The van der Waals surface area contributed by atoms with E-state index in [4.69, 9.17) is 33.2 Å². The van der Waals surface area contributed by atoms with Gasteiger partial charge < -0.3 is 38.3 Å². The van der Waals surface area contributed by atoms with Crippen molar-refractivity contribution in [3.8, 4) is 16.9 Å². The molecule has 5 aromatic rings. The summed E-state index contributed by atoms with van der Waals surface area (Å²) in [6, 6.07) is 37.8. The molecule has 1 aliphatic carbocycles. The highest BCUT2D eigenvalue weighted by atomic mass is 16.7. The maximum absolute atomic E-state index is 13.4. The van der Waals surface area contributed by atoms with Crippen LogP contribution < -0.4 is 4.74 Å². The van der Waals surface area contributed by atoms with E-state index in [0.29, 0.717) is 0 Å². The smallest absolute Gasteiger partial charge is 0.482 e. The van der Waals surface area contributed by atoms with Crippen molar-refractivity contribution in [1.29, 1.82) is 0 Å². The number of hydrogen-bond acceptors (Lipinski definition) is 13. The van der Waals surface area contributed by atoms with E-state index in [-0.39, 0.29) is 36.1 Å². The summed E-state index contributed by atoms with van der Waals surface area (Å²) in [5, 5.41) is 22.3. The van der Waals surface area contributed by atoms with Gasteiger partial charge >= 0.3 is 18.1 Å². The minimum Gasteiger partial charge on any atom is -0.482 e. The topological polar surface area (TPSA) is 179 Å². The standard InChI is InChI=1S/C43H37NO13/c45-37(26-51-30-21-19-29(20-22-30)44(49)50)56-39-38(52-23-27-11-3-1-4-12-27)36(55-42(47)40(39)57-41(46)28-13-5-2-6-14-28)25-54-43(48)53-24-35-33-17-9-7-15-31(33)32-16-8-10-18-34(32)35/h1-22,35-36,38-40,42,47H,23-26H2/t36-,38+,39+,40-,42+/m1/s1. The monoisotopic (exact) mass is 775 g/mol. The molecule has 292 valence electrons. The third-order valence-corrected chi connectivity index (χ3v) is 9.51. The molecule has 1 N–H and O–H groups in total. The number of hydrogen-bond donors (Lipinski definition) is 1. The zero-order valence-electron chi connectivity index (χ0n) is 30.3. The second kappa shape index (κ2) is 17.9. The number of carbonyl (C=O) groups is 3. The average Bonchev–Trinajstić information content (AvgIpc) is 3.56. The molecule has 0 spiro atoms. The van der Waals surface area contributed by atoms with Crippen molar-refractivity contribution >= 4 is 23.8 Å². The fraction of sp³-hybridized carbons (Fsp3) is 0.233. The Balaban J connectivity index is 1.09. The van der Waals surface area contributed by atoms with E-state index in [0.717, 1.165) is 27.8 Å². The Hall–Kier alpha value is -6.61. The lowest BCUT2D eigenvalue weighted by atomic mass is 9.98. The van der Waals surface area contributed by atoms with Crippen LogP contribution in [-0.2, 0) is 39.8 Å². The van der Waals surface area contributed by atoms with Crippen molar-refractivity contribution in [1.82, 2.24) is 0 Å². The lowest BCUT2D eigenvalue weighted by molar-refractivity contribution is -0.384. The molecule has 0 saturated carbocycles. The number of aliphatic hydroxyl groups excluding tert-OH is 1. The van der Waals surface area contributed by atoms with Crippen LogP contribution in [0, 0.1) is 10.1 Å². The summed E-state index contributed by atoms with van der Waals surface area (Å²) in [6.45, 7) is -1.24. The maximum atomic E-state index is 13.4. The first-order chi connectivity index (χ1) is 27.7. The summed E-state index contributed by atoms with van der Waals surface area (Å²) in [5.41, 5.74) is 4.84. The first-order valence-electron chi connectivity index (χ1n) is 18.0. The van der Waals surface area contributed by atoms with Crippen LogP contribution in [0.15, 0.2) is 133 Å². The zero-order chi connectivity index (χ0) is 39.7. The summed E-state index contributed by atoms with van der Waals surface area (Å²) in [5.74, 6) is -1.89. The molecular weight excluding hydrogens is 738 g/mol. The predicted octanol–water partition coefficient (Wildman–Crippen LogP) is 6.38. The van der Waals surface area contributed by atoms with E-state index in [1.54, 1.807) is 42.5 Å². The highest BCUT2D eigenvalue weighted by molar-refractivity contribution is 5.89. The van der Waals surface area contributed by atoms with Crippen molar-refractivity contribution < 1.29 is 57.6 Å². The minimum atomic E-state index is -1.88. The van der Waals surface area contributed by atoms with Crippen molar-refractivity contribution in [2.24, 2.45) is 0 Å². The number of esters is 2. The van der Waals surface area contributed by atoms with Crippen LogP contribution >= 0.6 is 0 Å². The van der Waals surface area contributed by atoms with Gasteiger partial charge in [-0.05, 0) is 52.1 Å². The van der Waals surface area contributed by atoms with E-state index in [9.17, 15) is 29.6 Å². The summed E-state index contributed by atoms with van der Waals surface area (Å²) < 4.78 is 40.3. The van der Waals surface area contributed by atoms with Gasteiger partial charge in [0, 0.05) is 18.1 Å². The molecule has 5 atom stereocenters. The van der Waals surface area contributed by atoms with E-state index >= 15 is 0 Å². The summed E-state index contributed by atoms with van der Waals surface area (Å²) in [7, 11) is 0. The van der Waals surface area contributed by atoms with Crippen LogP contribution in [0.3, 0.4) is 0 Å². The first kappa shape index (κ1) is 38.7. The van der Waals surface area contributed by atoms with Crippen LogP contribution in [0.25, 0.3) is 11.1 Å². The second-order valence-electron chi connectivity index (χ2n) is 13.2. The maximum Gasteiger partial charge on any atom is 0.508 e. The SMILES string of the molecule is O=C(COc1ccc([N+](=O)[O-])cc1)O[C@@H]1[C@@H](OC(=O)c2ccccc2)[C@@H](O)O[C@H](COC(=O)OCC2c3ccccc3-c3ccccc32)[C@@H]1OCc1ccccc1. The van der Waals surface area contributed by atoms with Crippen molar-refractivity contribution in [3.63, 3.8) is 0 Å². The van der Waals surface area contributed by atoms with Crippen molar-refractivity contribution in [2.45, 2.75) is 43.2 Å². The highest BCUT2D eigenvalue weighted by Gasteiger charge is 2.51. The lowest BCUT2D eigenvalue weighted by Gasteiger charge is -2.43. The first-order valence-corrected chi connectivity index (χ1v) is 18.0. The summed E-state index contributed by atoms with van der Waals surface area (Å²) in [4.78, 5) is 50.2. The second-order valence-corrected chi connectivity index (χ2v) is 13.2. The molecule has 1 aliphatic heterocycles. The summed E-state index contributed by atoms with van der Waals surface area (Å²) in [6.07, 6.45) is -8.57. The molecule has 0 amide bonds. The number of ether oxygens (including phenoxy) is 7. The van der Waals surface area contributed by atoms with Gasteiger partial charge in [-0.25, -0.2) is 14.4 Å². The van der Waals surface area contributed by atoms with Gasteiger partial charge in [0.05, 0.1) is 17.1 Å². The lowest BCUT2D eigenvalue weighted by Crippen LogP contribution is -2.62. The number of carbonyl (C=O) groups excluding carboxylic acids is 3. The van der Waals surface area contributed by atoms with E-state index < -0.39 is 66.9 Å². The van der Waals surface area contributed by atoms with Gasteiger partial charge in [0.1, 0.15) is 31.2 Å².